The topological polar surface area (TPSA) is 27.7 Å². The Morgan fingerprint density at radius 3 is 2.33 bits per heavy atom. The molecule has 0 aliphatic carbocycles. The van der Waals surface area contributed by atoms with Crippen LogP contribution in [0.3, 0.4) is 0 Å². The number of ether oxygens (including phenoxy) is 3. The second-order valence-corrected chi connectivity index (χ2v) is 3.10. The molecule has 0 N–H and O–H groups in total. The van der Waals surface area contributed by atoms with Crippen LogP contribution in [0.4, 0.5) is 0 Å². The molecule has 0 aromatic rings. The molecule has 0 aromatic carbocycles. The first kappa shape index (κ1) is 13.9. The van der Waals surface area contributed by atoms with Crippen molar-refractivity contribution in [3.8, 4) is 0 Å². The second-order valence-electron chi connectivity index (χ2n) is 3.10. The molecule has 0 aliphatic rings. The van der Waals surface area contributed by atoms with Crippen LogP contribution < -0.4 is 0 Å². The van der Waals surface area contributed by atoms with Crippen molar-refractivity contribution in [2.24, 2.45) is 0 Å². The van der Waals surface area contributed by atoms with E-state index in [1.807, 2.05) is 13.0 Å². The third-order valence-electron chi connectivity index (χ3n) is 1.50. The van der Waals surface area contributed by atoms with Crippen molar-refractivity contribution in [3.05, 3.63) is 36.6 Å². The van der Waals surface area contributed by atoms with Gasteiger partial charge in [-0.25, -0.2) is 0 Å². The Kier molecular flexibility index (Phi) is 8.82. The zero-order valence-electron chi connectivity index (χ0n) is 9.62. The van der Waals surface area contributed by atoms with Crippen LogP contribution in [0, 0.1) is 0 Å². The molecule has 0 aromatic heterocycles. The normalized spacial score (nSPS) is 10.5. The van der Waals surface area contributed by atoms with Crippen LogP contribution in [0.1, 0.15) is 6.92 Å². The van der Waals surface area contributed by atoms with Gasteiger partial charge in [-0.2, -0.15) is 0 Å². The van der Waals surface area contributed by atoms with E-state index in [0.29, 0.717) is 32.2 Å². The van der Waals surface area contributed by atoms with E-state index in [2.05, 4.69) is 13.2 Å². The van der Waals surface area contributed by atoms with E-state index >= 15 is 0 Å². The maximum Gasteiger partial charge on any atom is 0.112 e. The van der Waals surface area contributed by atoms with Crippen LogP contribution in [-0.2, 0) is 14.2 Å². The lowest BCUT2D eigenvalue weighted by Gasteiger charge is -2.06. The van der Waals surface area contributed by atoms with E-state index in [0.717, 1.165) is 5.57 Å². The van der Waals surface area contributed by atoms with Crippen molar-refractivity contribution >= 4 is 0 Å². The molecular weight excluding hydrogens is 192 g/mol. The fourth-order valence-electron chi connectivity index (χ4n) is 0.759. The largest absolute Gasteiger partial charge is 0.492 e. The first-order valence-corrected chi connectivity index (χ1v) is 4.88. The summed E-state index contributed by atoms with van der Waals surface area (Å²) in [4.78, 5) is 0. The van der Waals surface area contributed by atoms with E-state index in [1.54, 1.807) is 13.2 Å². The van der Waals surface area contributed by atoms with Crippen LogP contribution in [0.25, 0.3) is 0 Å². The lowest BCUT2D eigenvalue weighted by Crippen LogP contribution is -2.07. The van der Waals surface area contributed by atoms with Gasteiger partial charge >= 0.3 is 0 Å². The summed E-state index contributed by atoms with van der Waals surface area (Å²) in [6.45, 7) is 11.6. The molecule has 0 saturated heterocycles. The molecule has 0 rings (SSSR count). The molecule has 0 amide bonds. The van der Waals surface area contributed by atoms with Crippen LogP contribution in [0.2, 0.25) is 0 Å². The van der Waals surface area contributed by atoms with Crippen molar-refractivity contribution in [2.75, 3.05) is 33.5 Å². The third kappa shape index (κ3) is 10.9. The summed E-state index contributed by atoms with van der Waals surface area (Å²) in [6.07, 6.45) is 3.64. The molecule has 0 radical (unpaired) electrons. The molecule has 0 unspecified atom stereocenters. The lowest BCUT2D eigenvalue weighted by molar-refractivity contribution is 0.0433. The van der Waals surface area contributed by atoms with Gasteiger partial charge in [-0.05, 0) is 13.0 Å². The standard InChI is InChI=1S/C12H20O3/c1-11(2)5-6-12(3)15-10-9-14-8-7-13-4/h5-6H,1,3,7-10H2,2,4H3/b6-5-. The highest BCUT2D eigenvalue weighted by Gasteiger charge is 1.91. The molecule has 3 heteroatoms. The summed E-state index contributed by atoms with van der Waals surface area (Å²) in [5.74, 6) is 0.619. The van der Waals surface area contributed by atoms with Gasteiger partial charge in [0.15, 0.2) is 0 Å². The van der Waals surface area contributed by atoms with Crippen molar-refractivity contribution in [1.82, 2.24) is 0 Å². The molecule has 0 saturated carbocycles. The van der Waals surface area contributed by atoms with E-state index in [-0.39, 0.29) is 0 Å². The summed E-state index contributed by atoms with van der Waals surface area (Å²) in [7, 11) is 1.64. The van der Waals surface area contributed by atoms with Gasteiger partial charge in [-0.15, -0.1) is 0 Å². The van der Waals surface area contributed by atoms with Gasteiger partial charge in [0.2, 0.25) is 0 Å². The number of hydrogen-bond donors (Lipinski definition) is 0. The zero-order valence-corrected chi connectivity index (χ0v) is 9.62. The SMILES string of the molecule is C=C(C)/C=C\C(=C)OCCOCCOC. The highest BCUT2D eigenvalue weighted by molar-refractivity contribution is 5.19. The minimum absolute atomic E-state index is 0.503. The van der Waals surface area contributed by atoms with Crippen LogP contribution >= 0.6 is 0 Å². The van der Waals surface area contributed by atoms with Crippen LogP contribution in [-0.4, -0.2) is 33.5 Å². The van der Waals surface area contributed by atoms with Crippen molar-refractivity contribution in [1.29, 1.82) is 0 Å². The van der Waals surface area contributed by atoms with Crippen molar-refractivity contribution < 1.29 is 14.2 Å². The van der Waals surface area contributed by atoms with E-state index in [1.165, 1.54) is 0 Å². The third-order valence-corrected chi connectivity index (χ3v) is 1.50. The fraction of sp³-hybridized carbons (Fsp3) is 0.500. The minimum Gasteiger partial charge on any atom is -0.492 e. The number of rotatable bonds is 9. The maximum absolute atomic E-state index is 5.28. The average Bonchev–Trinajstić information content (AvgIpc) is 2.20. The van der Waals surface area contributed by atoms with Crippen LogP contribution in [0.15, 0.2) is 36.6 Å². The van der Waals surface area contributed by atoms with Gasteiger partial charge in [-0.1, -0.05) is 24.8 Å². The van der Waals surface area contributed by atoms with Crippen molar-refractivity contribution in [3.63, 3.8) is 0 Å². The van der Waals surface area contributed by atoms with Gasteiger partial charge in [0.25, 0.3) is 0 Å². The molecule has 3 nitrogen and oxygen atoms in total. The fourth-order valence-corrected chi connectivity index (χ4v) is 0.759. The number of methoxy groups -OCH3 is 1. The molecule has 0 atom stereocenters. The van der Waals surface area contributed by atoms with Gasteiger partial charge in [0.1, 0.15) is 12.4 Å². The molecule has 0 aliphatic heterocycles. The van der Waals surface area contributed by atoms with Gasteiger partial charge in [-0.3, -0.25) is 0 Å². The molecule has 0 fully saturated rings. The molecule has 15 heavy (non-hydrogen) atoms. The Hall–Kier alpha value is -1.06. The van der Waals surface area contributed by atoms with E-state index in [4.69, 9.17) is 14.2 Å². The monoisotopic (exact) mass is 212 g/mol. The molecular formula is C12H20O3. The number of allylic oxidation sites excluding steroid dienone is 3. The summed E-state index contributed by atoms with van der Waals surface area (Å²) in [5, 5.41) is 0. The average molecular weight is 212 g/mol. The number of hydrogen-bond acceptors (Lipinski definition) is 3. The van der Waals surface area contributed by atoms with E-state index in [9.17, 15) is 0 Å². The first-order valence-electron chi connectivity index (χ1n) is 4.88. The molecule has 86 valence electrons. The quantitative estimate of drug-likeness (QED) is 0.333. The Bertz CT molecular complexity index is 219. The van der Waals surface area contributed by atoms with Crippen LogP contribution in [0.5, 0.6) is 0 Å². The second kappa shape index (κ2) is 9.49. The predicted molar refractivity (Wildman–Crippen MR) is 61.7 cm³/mol. The molecule has 0 heterocycles. The Balaban J connectivity index is 3.35. The Labute approximate surface area is 92.0 Å². The van der Waals surface area contributed by atoms with Gasteiger partial charge < -0.3 is 14.2 Å². The summed E-state index contributed by atoms with van der Waals surface area (Å²) in [5.41, 5.74) is 0.969. The lowest BCUT2D eigenvalue weighted by atomic mass is 10.3. The first-order chi connectivity index (χ1) is 7.16. The van der Waals surface area contributed by atoms with Crippen molar-refractivity contribution in [2.45, 2.75) is 6.92 Å². The maximum atomic E-state index is 5.28. The van der Waals surface area contributed by atoms with Gasteiger partial charge in [0, 0.05) is 7.11 Å². The van der Waals surface area contributed by atoms with Gasteiger partial charge in [0.05, 0.1) is 19.8 Å². The summed E-state index contributed by atoms with van der Waals surface area (Å²) in [6, 6.07) is 0. The Morgan fingerprint density at radius 2 is 1.73 bits per heavy atom. The molecule has 0 bridgehead atoms. The minimum atomic E-state index is 0.503. The smallest absolute Gasteiger partial charge is 0.112 e. The Morgan fingerprint density at radius 1 is 1.07 bits per heavy atom. The summed E-state index contributed by atoms with van der Waals surface area (Å²) < 4.78 is 15.3. The zero-order chi connectivity index (χ0) is 11.5. The van der Waals surface area contributed by atoms with E-state index < -0.39 is 0 Å². The predicted octanol–water partition coefficient (Wildman–Crippen LogP) is 2.31. The highest BCUT2D eigenvalue weighted by atomic mass is 16.5. The molecule has 0 spiro atoms. The highest BCUT2D eigenvalue weighted by Crippen LogP contribution is 1.98. The summed E-state index contributed by atoms with van der Waals surface area (Å²) >= 11 is 0.